The van der Waals surface area contributed by atoms with E-state index in [2.05, 4.69) is 26.1 Å². The lowest BCUT2D eigenvalue weighted by Crippen LogP contribution is -2.06. The summed E-state index contributed by atoms with van der Waals surface area (Å²) < 4.78 is 20.8. The molecule has 0 N–H and O–H groups in total. The number of fused-ring (bicyclic) bond motifs is 1. The highest BCUT2D eigenvalue weighted by molar-refractivity contribution is 9.10. The zero-order valence-electron chi connectivity index (χ0n) is 10.3. The van der Waals surface area contributed by atoms with Crippen LogP contribution in [0.4, 0.5) is 4.39 Å². The lowest BCUT2D eigenvalue weighted by atomic mass is 10.3. The maximum Gasteiger partial charge on any atom is 0.139 e. The van der Waals surface area contributed by atoms with Gasteiger partial charge in [0.1, 0.15) is 23.6 Å². The smallest absolute Gasteiger partial charge is 0.139 e. The standard InChI is InChI=1S/C13H10BrClFN3O/c14-9-5-12-11(6-10(9)16)17-13(1-3-15)19(12)7-8-2-4-20-18-8/h2,4-6H,1,3,7H2. The van der Waals surface area contributed by atoms with Gasteiger partial charge in [-0.1, -0.05) is 5.16 Å². The second-order valence-corrected chi connectivity index (χ2v) is 5.53. The van der Waals surface area contributed by atoms with Crippen LogP contribution in [-0.2, 0) is 13.0 Å². The highest BCUT2D eigenvalue weighted by Gasteiger charge is 2.14. The van der Waals surface area contributed by atoms with Gasteiger partial charge in [0.15, 0.2) is 0 Å². The van der Waals surface area contributed by atoms with E-state index in [1.54, 1.807) is 12.1 Å². The Morgan fingerprint density at radius 2 is 2.25 bits per heavy atom. The number of aromatic nitrogens is 3. The topological polar surface area (TPSA) is 43.9 Å². The first-order chi connectivity index (χ1) is 9.69. The molecule has 3 aromatic rings. The van der Waals surface area contributed by atoms with Crippen molar-refractivity contribution >= 4 is 38.6 Å². The van der Waals surface area contributed by atoms with Crippen molar-refractivity contribution in [3.8, 4) is 0 Å². The Bertz CT molecular complexity index is 742. The molecule has 1 aromatic carbocycles. The summed E-state index contributed by atoms with van der Waals surface area (Å²) in [5.41, 5.74) is 2.22. The molecule has 3 rings (SSSR count). The predicted molar refractivity (Wildman–Crippen MR) is 77.4 cm³/mol. The fourth-order valence-electron chi connectivity index (χ4n) is 2.10. The minimum Gasteiger partial charge on any atom is -0.364 e. The van der Waals surface area contributed by atoms with Crippen LogP contribution in [0.1, 0.15) is 11.5 Å². The van der Waals surface area contributed by atoms with Crippen LogP contribution in [0.25, 0.3) is 11.0 Å². The molecule has 0 saturated carbocycles. The SMILES string of the molecule is Fc1cc2nc(CCCl)n(Cc3ccon3)c2cc1Br. The number of aryl methyl sites for hydroxylation is 1. The van der Waals surface area contributed by atoms with E-state index < -0.39 is 0 Å². The van der Waals surface area contributed by atoms with E-state index in [0.717, 1.165) is 17.0 Å². The number of imidazole rings is 1. The van der Waals surface area contributed by atoms with Crippen LogP contribution >= 0.6 is 27.5 Å². The normalized spacial score (nSPS) is 11.3. The fourth-order valence-corrected chi connectivity index (χ4v) is 2.60. The minimum absolute atomic E-state index is 0.332. The summed E-state index contributed by atoms with van der Waals surface area (Å²) in [4.78, 5) is 4.44. The molecule has 2 aromatic heterocycles. The molecule has 4 nitrogen and oxygen atoms in total. The Hall–Kier alpha value is -1.40. The molecule has 7 heteroatoms. The number of hydrogen-bond acceptors (Lipinski definition) is 3. The average Bonchev–Trinajstić information content (AvgIpc) is 3.02. The second kappa shape index (κ2) is 5.54. The van der Waals surface area contributed by atoms with Gasteiger partial charge in [-0.25, -0.2) is 9.37 Å². The van der Waals surface area contributed by atoms with Crippen LogP contribution in [-0.4, -0.2) is 20.6 Å². The van der Waals surface area contributed by atoms with Crippen molar-refractivity contribution in [3.63, 3.8) is 0 Å². The van der Waals surface area contributed by atoms with E-state index in [-0.39, 0.29) is 5.82 Å². The lowest BCUT2D eigenvalue weighted by molar-refractivity contribution is 0.409. The van der Waals surface area contributed by atoms with E-state index >= 15 is 0 Å². The summed E-state index contributed by atoms with van der Waals surface area (Å²) in [6.07, 6.45) is 2.12. The van der Waals surface area contributed by atoms with Crippen molar-refractivity contribution in [2.75, 3.05) is 5.88 Å². The Kier molecular flexibility index (Phi) is 3.76. The Labute approximate surface area is 127 Å². The first-order valence-corrected chi connectivity index (χ1v) is 7.31. The van der Waals surface area contributed by atoms with E-state index in [0.29, 0.717) is 28.8 Å². The molecule has 20 heavy (non-hydrogen) atoms. The van der Waals surface area contributed by atoms with Gasteiger partial charge >= 0.3 is 0 Å². The number of halogens is 3. The third kappa shape index (κ3) is 2.45. The molecule has 0 spiro atoms. The Morgan fingerprint density at radius 1 is 1.40 bits per heavy atom. The molecule has 0 amide bonds. The van der Waals surface area contributed by atoms with Crippen LogP contribution in [0.3, 0.4) is 0 Å². The maximum atomic E-state index is 13.6. The van der Waals surface area contributed by atoms with Gasteiger partial charge in [0.2, 0.25) is 0 Å². The van der Waals surface area contributed by atoms with Gasteiger partial charge in [-0.2, -0.15) is 0 Å². The van der Waals surface area contributed by atoms with Gasteiger partial charge in [0.25, 0.3) is 0 Å². The maximum absolute atomic E-state index is 13.6. The number of nitrogens with zero attached hydrogens (tertiary/aromatic N) is 3. The summed E-state index contributed by atoms with van der Waals surface area (Å²) in [6.45, 7) is 0.511. The molecule has 0 bridgehead atoms. The molecule has 0 unspecified atom stereocenters. The average molecular weight is 359 g/mol. The van der Waals surface area contributed by atoms with Gasteiger partial charge < -0.3 is 9.09 Å². The van der Waals surface area contributed by atoms with E-state index in [1.807, 2.05) is 4.57 Å². The van der Waals surface area contributed by atoms with Crippen molar-refractivity contribution < 1.29 is 8.91 Å². The largest absolute Gasteiger partial charge is 0.364 e. The van der Waals surface area contributed by atoms with E-state index in [4.69, 9.17) is 16.1 Å². The molecule has 0 aliphatic carbocycles. The third-order valence-electron chi connectivity index (χ3n) is 3.00. The van der Waals surface area contributed by atoms with Crippen molar-refractivity contribution in [1.82, 2.24) is 14.7 Å². The highest BCUT2D eigenvalue weighted by Crippen LogP contribution is 2.25. The predicted octanol–water partition coefficient (Wildman–Crippen LogP) is 3.76. The van der Waals surface area contributed by atoms with Gasteiger partial charge in [-0.3, -0.25) is 0 Å². The summed E-state index contributed by atoms with van der Waals surface area (Å²) in [6, 6.07) is 4.92. The molecule has 0 aliphatic rings. The zero-order valence-corrected chi connectivity index (χ0v) is 12.7. The Morgan fingerprint density at radius 3 is 2.95 bits per heavy atom. The fraction of sp³-hybridized carbons (Fsp3) is 0.231. The highest BCUT2D eigenvalue weighted by atomic mass is 79.9. The van der Waals surface area contributed by atoms with Crippen LogP contribution in [0.15, 0.2) is 33.5 Å². The molecule has 104 valence electrons. The van der Waals surface area contributed by atoms with Crippen molar-refractivity contribution in [3.05, 3.63) is 46.3 Å². The van der Waals surface area contributed by atoms with Gasteiger partial charge in [0.05, 0.1) is 22.1 Å². The molecule has 0 radical (unpaired) electrons. The van der Waals surface area contributed by atoms with Gasteiger partial charge in [-0.15, -0.1) is 11.6 Å². The van der Waals surface area contributed by atoms with E-state index in [9.17, 15) is 4.39 Å². The van der Waals surface area contributed by atoms with Crippen molar-refractivity contribution in [2.24, 2.45) is 0 Å². The summed E-state index contributed by atoms with van der Waals surface area (Å²) in [5, 5.41) is 3.90. The zero-order chi connectivity index (χ0) is 14.1. The quantitative estimate of drug-likeness (QED) is 0.667. The Balaban J connectivity index is 2.15. The monoisotopic (exact) mass is 357 g/mol. The first-order valence-electron chi connectivity index (χ1n) is 5.98. The first kappa shape index (κ1) is 13.6. The number of hydrogen-bond donors (Lipinski definition) is 0. The molecule has 2 heterocycles. The molecule has 0 atom stereocenters. The minimum atomic E-state index is -0.332. The van der Waals surface area contributed by atoms with Crippen molar-refractivity contribution in [2.45, 2.75) is 13.0 Å². The summed E-state index contributed by atoms with van der Waals surface area (Å²) >= 11 is 9.01. The van der Waals surface area contributed by atoms with Gasteiger partial charge in [0, 0.05) is 24.4 Å². The molecular weight excluding hydrogens is 349 g/mol. The molecule has 0 fully saturated rings. The van der Waals surface area contributed by atoms with Gasteiger partial charge in [-0.05, 0) is 22.0 Å². The lowest BCUT2D eigenvalue weighted by Gasteiger charge is -2.06. The van der Waals surface area contributed by atoms with Crippen LogP contribution in [0.2, 0.25) is 0 Å². The number of alkyl halides is 1. The van der Waals surface area contributed by atoms with E-state index in [1.165, 1.54) is 12.3 Å². The number of rotatable bonds is 4. The molecule has 0 aliphatic heterocycles. The van der Waals surface area contributed by atoms with Crippen LogP contribution < -0.4 is 0 Å². The molecule has 0 saturated heterocycles. The van der Waals surface area contributed by atoms with Crippen LogP contribution in [0, 0.1) is 5.82 Å². The molecular formula is C13H10BrClFN3O. The van der Waals surface area contributed by atoms with Crippen molar-refractivity contribution in [1.29, 1.82) is 0 Å². The number of benzene rings is 1. The summed E-state index contributed by atoms with van der Waals surface area (Å²) in [5.74, 6) is 0.919. The second-order valence-electron chi connectivity index (χ2n) is 4.30. The third-order valence-corrected chi connectivity index (χ3v) is 3.80. The van der Waals surface area contributed by atoms with Crippen LogP contribution in [0.5, 0.6) is 0 Å². The summed E-state index contributed by atoms with van der Waals surface area (Å²) in [7, 11) is 0.